The van der Waals surface area contributed by atoms with E-state index in [2.05, 4.69) is 5.32 Å². The van der Waals surface area contributed by atoms with Gasteiger partial charge in [0.25, 0.3) is 0 Å². The monoisotopic (exact) mass is 309 g/mol. The summed E-state index contributed by atoms with van der Waals surface area (Å²) in [5.41, 5.74) is 0.181. The molecule has 1 aliphatic carbocycles. The van der Waals surface area contributed by atoms with Crippen LogP contribution in [0.4, 0.5) is 4.39 Å². The highest BCUT2D eigenvalue weighted by Gasteiger charge is 2.44. The van der Waals surface area contributed by atoms with Gasteiger partial charge in [0.2, 0.25) is 0 Å². The van der Waals surface area contributed by atoms with Crippen LogP contribution in [0.5, 0.6) is 0 Å². The molecular formula is C17H24FNOS. The lowest BCUT2D eigenvalue weighted by Gasteiger charge is -2.48. The molecule has 2 nitrogen and oxygen atoms in total. The fourth-order valence-corrected chi connectivity index (χ4v) is 4.70. The Morgan fingerprint density at radius 3 is 2.90 bits per heavy atom. The van der Waals surface area contributed by atoms with Crippen LogP contribution in [0.1, 0.15) is 32.1 Å². The van der Waals surface area contributed by atoms with E-state index >= 15 is 0 Å². The highest BCUT2D eigenvalue weighted by molar-refractivity contribution is 7.99. The summed E-state index contributed by atoms with van der Waals surface area (Å²) in [6, 6.07) is 7.47. The molecule has 4 heteroatoms. The number of ether oxygens (including phenoxy) is 1. The summed E-state index contributed by atoms with van der Waals surface area (Å²) in [5.74, 6) is 1.45. The second kappa shape index (κ2) is 6.67. The van der Waals surface area contributed by atoms with Crippen LogP contribution in [-0.2, 0) is 4.74 Å². The molecule has 0 radical (unpaired) electrons. The lowest BCUT2D eigenvalue weighted by Crippen LogP contribution is -2.50. The van der Waals surface area contributed by atoms with Crippen molar-refractivity contribution in [2.75, 3.05) is 19.4 Å². The molecular weight excluding hydrogens is 285 g/mol. The van der Waals surface area contributed by atoms with Crippen molar-refractivity contribution in [1.82, 2.24) is 5.32 Å². The Labute approximate surface area is 130 Å². The number of hydrogen-bond donors (Lipinski definition) is 1. The molecule has 1 heterocycles. The van der Waals surface area contributed by atoms with E-state index in [0.29, 0.717) is 12.0 Å². The number of thioether (sulfide) groups is 1. The third-order valence-corrected chi connectivity index (χ3v) is 6.16. The highest BCUT2D eigenvalue weighted by atomic mass is 32.2. The number of halogens is 1. The lowest BCUT2D eigenvalue weighted by molar-refractivity contribution is -0.146. The Bertz CT molecular complexity index is 478. The van der Waals surface area contributed by atoms with E-state index in [1.54, 1.807) is 17.8 Å². The van der Waals surface area contributed by atoms with Crippen molar-refractivity contribution in [2.24, 2.45) is 5.92 Å². The molecule has 2 fully saturated rings. The van der Waals surface area contributed by atoms with E-state index in [4.69, 9.17) is 4.74 Å². The van der Waals surface area contributed by atoms with E-state index < -0.39 is 0 Å². The first-order valence-electron chi connectivity index (χ1n) is 7.91. The van der Waals surface area contributed by atoms with Gasteiger partial charge < -0.3 is 10.1 Å². The van der Waals surface area contributed by atoms with Gasteiger partial charge in [-0.1, -0.05) is 12.1 Å². The predicted octanol–water partition coefficient (Wildman–Crippen LogP) is 3.86. The van der Waals surface area contributed by atoms with Gasteiger partial charge in [-0.3, -0.25) is 0 Å². The average Bonchev–Trinajstić information content (AvgIpc) is 2.48. The van der Waals surface area contributed by atoms with Crippen molar-refractivity contribution < 1.29 is 9.13 Å². The summed E-state index contributed by atoms with van der Waals surface area (Å²) >= 11 is 1.62. The molecule has 3 rings (SSSR count). The van der Waals surface area contributed by atoms with Crippen molar-refractivity contribution in [3.63, 3.8) is 0 Å². The quantitative estimate of drug-likeness (QED) is 0.835. The van der Waals surface area contributed by atoms with Crippen molar-refractivity contribution in [1.29, 1.82) is 0 Å². The van der Waals surface area contributed by atoms with Crippen LogP contribution in [0.25, 0.3) is 0 Å². The predicted molar refractivity (Wildman–Crippen MR) is 85.2 cm³/mol. The summed E-state index contributed by atoms with van der Waals surface area (Å²) in [6.07, 6.45) is 6.03. The Balaban J connectivity index is 1.58. The largest absolute Gasteiger partial charge is 0.375 e. The van der Waals surface area contributed by atoms with E-state index in [1.807, 2.05) is 19.2 Å². The lowest BCUT2D eigenvalue weighted by atomic mass is 9.70. The number of rotatable bonds is 5. The maximum absolute atomic E-state index is 13.7. The van der Waals surface area contributed by atoms with Crippen LogP contribution in [0, 0.1) is 11.7 Å². The molecule has 1 saturated carbocycles. The minimum atomic E-state index is -0.111. The molecule has 1 spiro atoms. The molecule has 1 aromatic carbocycles. The van der Waals surface area contributed by atoms with Crippen LogP contribution in [0.2, 0.25) is 0 Å². The van der Waals surface area contributed by atoms with Crippen molar-refractivity contribution in [3.05, 3.63) is 30.1 Å². The van der Waals surface area contributed by atoms with Gasteiger partial charge in [-0.15, -0.1) is 11.8 Å². The zero-order chi connectivity index (χ0) is 14.7. The zero-order valence-electron chi connectivity index (χ0n) is 12.6. The molecule has 21 heavy (non-hydrogen) atoms. The highest BCUT2D eigenvalue weighted by Crippen LogP contribution is 2.45. The van der Waals surface area contributed by atoms with E-state index in [1.165, 1.54) is 25.3 Å². The first-order chi connectivity index (χ1) is 10.2. The normalized spacial score (nSPS) is 25.5. The third-order valence-electron chi connectivity index (χ3n) is 4.99. The van der Waals surface area contributed by atoms with Gasteiger partial charge in [0.15, 0.2) is 0 Å². The topological polar surface area (TPSA) is 21.3 Å². The Morgan fingerprint density at radius 2 is 2.24 bits per heavy atom. The molecule has 1 aromatic rings. The molecule has 1 saturated heterocycles. The van der Waals surface area contributed by atoms with Gasteiger partial charge in [-0.25, -0.2) is 4.39 Å². The van der Waals surface area contributed by atoms with Crippen LogP contribution in [0.3, 0.4) is 0 Å². The summed E-state index contributed by atoms with van der Waals surface area (Å²) in [6.45, 7) is 0.882. The number of nitrogens with one attached hydrogen (secondary N) is 1. The van der Waals surface area contributed by atoms with E-state index in [9.17, 15) is 4.39 Å². The molecule has 116 valence electrons. The maximum Gasteiger partial charge on any atom is 0.136 e. The minimum Gasteiger partial charge on any atom is -0.375 e. The standard InChI is InChI=1S/C17H24FNOS/c1-19-15(12-21-16-6-3-2-5-14(16)18)13-7-10-20-17(11-13)8-4-9-17/h2-3,5-6,13,15,19H,4,7-12H2,1H3. The van der Waals surface area contributed by atoms with Crippen LogP contribution in [-0.4, -0.2) is 31.1 Å². The van der Waals surface area contributed by atoms with Gasteiger partial charge in [0.1, 0.15) is 5.82 Å². The molecule has 1 N–H and O–H groups in total. The van der Waals surface area contributed by atoms with Crippen molar-refractivity contribution in [3.8, 4) is 0 Å². The van der Waals surface area contributed by atoms with E-state index in [0.717, 1.165) is 30.1 Å². The van der Waals surface area contributed by atoms with Gasteiger partial charge in [0.05, 0.1) is 5.60 Å². The molecule has 0 amide bonds. The second-order valence-corrected chi connectivity index (χ2v) is 7.34. The number of hydrogen-bond acceptors (Lipinski definition) is 3. The van der Waals surface area contributed by atoms with Gasteiger partial charge in [0, 0.05) is 23.3 Å². The summed E-state index contributed by atoms with van der Waals surface area (Å²) in [4.78, 5) is 0.753. The zero-order valence-corrected chi connectivity index (χ0v) is 13.4. The Kier molecular flexibility index (Phi) is 4.87. The minimum absolute atomic E-state index is 0.111. The summed E-state index contributed by atoms with van der Waals surface area (Å²) in [5, 5.41) is 3.45. The van der Waals surface area contributed by atoms with Crippen molar-refractivity contribution in [2.45, 2.75) is 48.6 Å². The average molecular weight is 309 g/mol. The van der Waals surface area contributed by atoms with Gasteiger partial charge in [-0.05, 0) is 57.2 Å². The molecule has 2 unspecified atom stereocenters. The first-order valence-corrected chi connectivity index (χ1v) is 8.89. The van der Waals surface area contributed by atoms with Crippen LogP contribution < -0.4 is 5.32 Å². The SMILES string of the molecule is CNC(CSc1ccccc1F)C1CCOC2(CCC2)C1. The molecule has 2 aliphatic rings. The fraction of sp³-hybridized carbons (Fsp3) is 0.647. The van der Waals surface area contributed by atoms with E-state index in [-0.39, 0.29) is 11.4 Å². The Morgan fingerprint density at radius 1 is 1.43 bits per heavy atom. The number of benzene rings is 1. The first kappa shape index (κ1) is 15.3. The summed E-state index contributed by atoms with van der Waals surface area (Å²) < 4.78 is 19.7. The van der Waals surface area contributed by atoms with Crippen molar-refractivity contribution >= 4 is 11.8 Å². The fourth-order valence-electron chi connectivity index (χ4n) is 3.53. The van der Waals surface area contributed by atoms with Gasteiger partial charge in [-0.2, -0.15) is 0 Å². The molecule has 0 aromatic heterocycles. The molecule has 0 bridgehead atoms. The third kappa shape index (κ3) is 3.43. The molecule has 1 aliphatic heterocycles. The van der Waals surface area contributed by atoms with Crippen LogP contribution >= 0.6 is 11.8 Å². The smallest absolute Gasteiger partial charge is 0.136 e. The molecule has 2 atom stereocenters. The van der Waals surface area contributed by atoms with Crippen LogP contribution in [0.15, 0.2) is 29.2 Å². The van der Waals surface area contributed by atoms with Gasteiger partial charge >= 0.3 is 0 Å². The summed E-state index contributed by atoms with van der Waals surface area (Å²) in [7, 11) is 2.02. The Hall–Kier alpha value is -0.580. The maximum atomic E-state index is 13.7. The second-order valence-electron chi connectivity index (χ2n) is 6.27.